The Hall–Kier alpha value is -0.860. The van der Waals surface area contributed by atoms with Crippen LogP contribution in [-0.4, -0.2) is 6.04 Å². The molecule has 1 nitrogen and oxygen atoms in total. The van der Waals surface area contributed by atoms with Crippen LogP contribution in [0.1, 0.15) is 38.7 Å². The molecule has 0 spiro atoms. The molecule has 0 radical (unpaired) electrons. The molecule has 2 heteroatoms. The summed E-state index contributed by atoms with van der Waals surface area (Å²) in [6, 6.07) is 8.98. The van der Waals surface area contributed by atoms with Gasteiger partial charge in [0.15, 0.2) is 0 Å². The monoisotopic (exact) mass is 273 g/mol. The summed E-state index contributed by atoms with van der Waals surface area (Å²) in [5.74, 6) is 0.672. The lowest BCUT2D eigenvalue weighted by Gasteiger charge is -2.32. The molecule has 102 valence electrons. The molecule has 0 saturated heterocycles. The van der Waals surface area contributed by atoms with Crippen LogP contribution in [0.3, 0.4) is 0 Å². The van der Waals surface area contributed by atoms with Crippen molar-refractivity contribution in [3.05, 3.63) is 35.2 Å². The summed E-state index contributed by atoms with van der Waals surface area (Å²) in [7, 11) is 0. The molecule has 1 aliphatic rings. The minimum Gasteiger partial charge on any atom is -0.327 e. The molecule has 0 bridgehead atoms. The van der Waals surface area contributed by atoms with E-state index >= 15 is 0 Å². The van der Waals surface area contributed by atoms with Crippen LogP contribution in [0.4, 0.5) is 0 Å². The summed E-state index contributed by atoms with van der Waals surface area (Å²) >= 11 is 1.84. The largest absolute Gasteiger partial charge is 0.327 e. The third-order valence-corrected chi connectivity index (χ3v) is 5.89. The molecule has 2 atom stereocenters. The van der Waals surface area contributed by atoms with Crippen molar-refractivity contribution < 1.29 is 0 Å². The van der Waals surface area contributed by atoms with E-state index in [1.54, 1.807) is 0 Å². The highest BCUT2D eigenvalue weighted by atomic mass is 32.1. The van der Waals surface area contributed by atoms with Gasteiger partial charge in [-0.25, -0.2) is 0 Å². The second-order valence-corrected chi connectivity index (χ2v) is 7.52. The topological polar surface area (TPSA) is 26.0 Å². The van der Waals surface area contributed by atoms with Crippen LogP contribution in [0, 0.1) is 11.3 Å². The van der Waals surface area contributed by atoms with Gasteiger partial charge in [0.1, 0.15) is 0 Å². The molecule has 1 fully saturated rings. The average molecular weight is 273 g/mol. The van der Waals surface area contributed by atoms with Crippen LogP contribution < -0.4 is 5.73 Å². The Morgan fingerprint density at radius 3 is 2.89 bits per heavy atom. The normalized spacial score (nSPS) is 23.8. The van der Waals surface area contributed by atoms with E-state index in [4.69, 9.17) is 5.73 Å². The predicted molar refractivity (Wildman–Crippen MR) is 84.6 cm³/mol. The van der Waals surface area contributed by atoms with Crippen LogP contribution in [0.5, 0.6) is 0 Å². The van der Waals surface area contributed by atoms with Crippen LogP contribution in [-0.2, 0) is 6.42 Å². The van der Waals surface area contributed by atoms with Gasteiger partial charge in [0, 0.05) is 10.7 Å². The maximum atomic E-state index is 6.54. The Morgan fingerprint density at radius 1 is 1.37 bits per heavy atom. The average Bonchev–Trinajstić information content (AvgIpc) is 2.93. The summed E-state index contributed by atoms with van der Waals surface area (Å²) in [6.07, 6.45) is 5.00. The van der Waals surface area contributed by atoms with Crippen LogP contribution >= 0.6 is 11.3 Å². The zero-order valence-corrected chi connectivity index (χ0v) is 12.7. The highest BCUT2D eigenvalue weighted by Gasteiger charge is 2.38. The fourth-order valence-corrected chi connectivity index (χ4v) is 4.71. The van der Waals surface area contributed by atoms with E-state index in [9.17, 15) is 0 Å². The molecule has 19 heavy (non-hydrogen) atoms. The second-order valence-electron chi connectivity index (χ2n) is 6.61. The fraction of sp³-hybridized carbons (Fsp3) is 0.529. The molecule has 1 saturated carbocycles. The van der Waals surface area contributed by atoms with Gasteiger partial charge in [-0.3, -0.25) is 0 Å². The summed E-state index contributed by atoms with van der Waals surface area (Å²) < 4.78 is 1.38. The molecular weight excluding hydrogens is 250 g/mol. The molecule has 1 heterocycles. The number of fused-ring (bicyclic) bond motifs is 1. The fourth-order valence-electron chi connectivity index (χ4n) is 3.73. The van der Waals surface area contributed by atoms with E-state index < -0.39 is 0 Å². The number of rotatable bonds is 3. The Balaban J connectivity index is 1.81. The Labute approximate surface area is 119 Å². The van der Waals surface area contributed by atoms with E-state index in [-0.39, 0.29) is 0 Å². The molecule has 2 unspecified atom stereocenters. The number of benzene rings is 1. The first-order valence-electron chi connectivity index (χ1n) is 7.28. The smallest absolute Gasteiger partial charge is 0.0345 e. The van der Waals surface area contributed by atoms with Gasteiger partial charge in [-0.1, -0.05) is 38.5 Å². The molecule has 2 N–H and O–H groups in total. The highest BCUT2D eigenvalue weighted by molar-refractivity contribution is 7.17. The van der Waals surface area contributed by atoms with E-state index in [1.807, 2.05) is 11.3 Å². The van der Waals surface area contributed by atoms with Crippen LogP contribution in [0.15, 0.2) is 29.6 Å². The molecule has 0 amide bonds. The summed E-state index contributed by atoms with van der Waals surface area (Å²) in [5, 5.41) is 3.70. The van der Waals surface area contributed by atoms with E-state index in [1.165, 1.54) is 34.9 Å². The lowest BCUT2D eigenvalue weighted by atomic mass is 9.76. The molecule has 1 aliphatic carbocycles. The van der Waals surface area contributed by atoms with Gasteiger partial charge in [-0.15, -0.1) is 11.3 Å². The van der Waals surface area contributed by atoms with Crippen molar-refractivity contribution in [2.24, 2.45) is 17.1 Å². The van der Waals surface area contributed by atoms with Crippen molar-refractivity contribution in [3.63, 3.8) is 0 Å². The summed E-state index contributed by atoms with van der Waals surface area (Å²) in [4.78, 5) is 0. The lowest BCUT2D eigenvalue weighted by molar-refractivity contribution is 0.220. The number of nitrogens with two attached hydrogens (primary N) is 1. The van der Waals surface area contributed by atoms with Crippen LogP contribution in [0.2, 0.25) is 0 Å². The van der Waals surface area contributed by atoms with Gasteiger partial charge in [-0.05, 0) is 53.0 Å². The minimum atomic E-state index is 0.301. The first kappa shape index (κ1) is 13.1. The van der Waals surface area contributed by atoms with E-state index in [2.05, 4.69) is 43.5 Å². The zero-order valence-electron chi connectivity index (χ0n) is 11.9. The first-order chi connectivity index (χ1) is 9.08. The Morgan fingerprint density at radius 2 is 2.16 bits per heavy atom. The van der Waals surface area contributed by atoms with Crippen molar-refractivity contribution in [1.82, 2.24) is 0 Å². The molecule has 3 rings (SSSR count). The van der Waals surface area contributed by atoms with Crippen molar-refractivity contribution >= 4 is 21.4 Å². The molecule has 0 aliphatic heterocycles. The molecule has 2 aromatic rings. The standard InChI is InChI=1S/C17H23NS/c1-17(2)9-5-7-14(17)15(18)10-12-11-19-16-8-4-3-6-13(12)16/h3-4,6,8,11,14-15H,5,7,9-10,18H2,1-2H3. The maximum absolute atomic E-state index is 6.54. The summed E-state index contributed by atoms with van der Waals surface area (Å²) in [5.41, 5.74) is 8.40. The second kappa shape index (κ2) is 4.92. The third-order valence-electron chi connectivity index (χ3n) is 4.87. The predicted octanol–water partition coefficient (Wildman–Crippen LogP) is 4.60. The quantitative estimate of drug-likeness (QED) is 0.869. The van der Waals surface area contributed by atoms with Gasteiger partial charge in [0.2, 0.25) is 0 Å². The Bertz CT molecular complexity index is 569. The van der Waals surface area contributed by atoms with Crippen molar-refractivity contribution in [2.75, 3.05) is 0 Å². The Kier molecular flexibility index (Phi) is 3.40. The van der Waals surface area contributed by atoms with Crippen molar-refractivity contribution in [1.29, 1.82) is 0 Å². The summed E-state index contributed by atoms with van der Waals surface area (Å²) in [6.45, 7) is 4.77. The number of hydrogen-bond donors (Lipinski definition) is 1. The SMILES string of the molecule is CC1(C)CCCC1C(N)Cc1csc2ccccc12. The lowest BCUT2D eigenvalue weighted by Crippen LogP contribution is -2.38. The van der Waals surface area contributed by atoms with Gasteiger partial charge < -0.3 is 5.73 Å². The van der Waals surface area contributed by atoms with Gasteiger partial charge in [0.05, 0.1) is 0 Å². The minimum absolute atomic E-state index is 0.301. The zero-order chi connectivity index (χ0) is 13.5. The number of thiophene rings is 1. The molecule has 1 aromatic heterocycles. The molecular formula is C17H23NS. The van der Waals surface area contributed by atoms with Crippen molar-refractivity contribution in [3.8, 4) is 0 Å². The van der Waals surface area contributed by atoms with Gasteiger partial charge >= 0.3 is 0 Å². The van der Waals surface area contributed by atoms with E-state index in [0.29, 0.717) is 17.4 Å². The van der Waals surface area contributed by atoms with Gasteiger partial charge in [0.25, 0.3) is 0 Å². The van der Waals surface area contributed by atoms with Crippen LogP contribution in [0.25, 0.3) is 10.1 Å². The van der Waals surface area contributed by atoms with Gasteiger partial charge in [-0.2, -0.15) is 0 Å². The first-order valence-corrected chi connectivity index (χ1v) is 8.16. The van der Waals surface area contributed by atoms with E-state index in [0.717, 1.165) is 6.42 Å². The maximum Gasteiger partial charge on any atom is 0.0345 e. The molecule has 1 aromatic carbocycles. The number of hydrogen-bond acceptors (Lipinski definition) is 2. The highest BCUT2D eigenvalue weighted by Crippen LogP contribution is 2.44. The van der Waals surface area contributed by atoms with Crippen molar-refractivity contribution in [2.45, 2.75) is 45.6 Å². The third kappa shape index (κ3) is 2.44.